The van der Waals surface area contributed by atoms with Crippen molar-refractivity contribution < 1.29 is 4.52 Å². The molecule has 0 aliphatic heterocycles. The number of aromatic nitrogens is 4. The molecular weight excluding hydrogens is 268 g/mol. The third kappa shape index (κ3) is 4.14. The average molecular weight is 290 g/mol. The number of anilines is 2. The first kappa shape index (κ1) is 15.2. The van der Waals surface area contributed by atoms with Gasteiger partial charge in [0.1, 0.15) is 18.0 Å². The van der Waals surface area contributed by atoms with Gasteiger partial charge in [-0.25, -0.2) is 9.97 Å². The number of rotatable bonds is 8. The Morgan fingerprint density at radius 2 is 1.86 bits per heavy atom. The van der Waals surface area contributed by atoms with E-state index in [-0.39, 0.29) is 0 Å². The highest BCUT2D eigenvalue weighted by atomic mass is 16.5. The summed E-state index contributed by atoms with van der Waals surface area (Å²) in [4.78, 5) is 12.9. The van der Waals surface area contributed by atoms with Crippen LogP contribution in [0.2, 0.25) is 0 Å². The summed E-state index contributed by atoms with van der Waals surface area (Å²) in [7, 11) is 0. The minimum absolute atomic E-state index is 0.484. The summed E-state index contributed by atoms with van der Waals surface area (Å²) in [5.41, 5.74) is 1.11. The van der Waals surface area contributed by atoms with Crippen LogP contribution in [0.1, 0.15) is 44.0 Å². The van der Waals surface area contributed by atoms with Crippen molar-refractivity contribution in [2.24, 2.45) is 0 Å². The number of nitrogens with zero attached hydrogens (tertiary/aromatic N) is 4. The highest BCUT2D eigenvalue weighted by Crippen LogP contribution is 2.22. The normalized spacial score (nSPS) is 10.6. The number of nitrogens with one attached hydrogen (secondary N) is 2. The molecule has 0 saturated carbocycles. The van der Waals surface area contributed by atoms with Crippen molar-refractivity contribution in [1.82, 2.24) is 20.1 Å². The Morgan fingerprint density at radius 1 is 1.10 bits per heavy atom. The van der Waals surface area contributed by atoms with Gasteiger partial charge in [0.25, 0.3) is 0 Å². The Hall–Kier alpha value is -2.18. The van der Waals surface area contributed by atoms with Crippen LogP contribution in [-0.2, 0) is 13.0 Å². The first-order valence-electron chi connectivity index (χ1n) is 7.35. The summed E-state index contributed by atoms with van der Waals surface area (Å²) in [6.45, 7) is 7.43. The van der Waals surface area contributed by atoms with E-state index in [4.69, 9.17) is 4.52 Å². The Balaban J connectivity index is 2.12. The molecule has 0 atom stereocenters. The molecule has 0 aromatic carbocycles. The zero-order valence-corrected chi connectivity index (χ0v) is 12.8. The van der Waals surface area contributed by atoms with Gasteiger partial charge in [0, 0.05) is 19.0 Å². The summed E-state index contributed by atoms with van der Waals surface area (Å²) in [5.74, 6) is 2.92. The first-order chi connectivity index (χ1) is 10.2. The molecule has 2 heterocycles. The van der Waals surface area contributed by atoms with Crippen LogP contribution in [-0.4, -0.2) is 26.7 Å². The van der Waals surface area contributed by atoms with E-state index in [0.29, 0.717) is 18.3 Å². The van der Waals surface area contributed by atoms with E-state index in [1.165, 1.54) is 0 Å². The molecular formula is C14H22N6O. The van der Waals surface area contributed by atoms with Crippen LogP contribution >= 0.6 is 0 Å². The van der Waals surface area contributed by atoms with Crippen molar-refractivity contribution in [3.8, 4) is 0 Å². The van der Waals surface area contributed by atoms with Gasteiger partial charge in [0.15, 0.2) is 5.82 Å². The Morgan fingerprint density at radius 3 is 2.48 bits per heavy atom. The molecule has 0 radical (unpaired) electrons. The van der Waals surface area contributed by atoms with Gasteiger partial charge in [0.2, 0.25) is 5.89 Å². The first-order valence-corrected chi connectivity index (χ1v) is 7.35. The minimum atomic E-state index is 0.484. The molecule has 2 aromatic rings. The van der Waals surface area contributed by atoms with Crippen LogP contribution in [0.4, 0.5) is 11.6 Å². The molecule has 21 heavy (non-hydrogen) atoms. The van der Waals surface area contributed by atoms with Crippen LogP contribution in [0.3, 0.4) is 0 Å². The lowest BCUT2D eigenvalue weighted by molar-refractivity contribution is 0.388. The lowest BCUT2D eigenvalue weighted by Crippen LogP contribution is -2.11. The van der Waals surface area contributed by atoms with Crippen molar-refractivity contribution >= 4 is 11.6 Å². The van der Waals surface area contributed by atoms with Crippen molar-refractivity contribution in [2.75, 3.05) is 17.2 Å². The van der Waals surface area contributed by atoms with Gasteiger partial charge in [-0.15, -0.1) is 0 Å². The fraction of sp³-hybridized carbons (Fsp3) is 0.571. The summed E-state index contributed by atoms with van der Waals surface area (Å²) < 4.78 is 4.96. The molecule has 2 aromatic heterocycles. The highest BCUT2D eigenvalue weighted by molar-refractivity contribution is 5.57. The van der Waals surface area contributed by atoms with Gasteiger partial charge < -0.3 is 15.2 Å². The quantitative estimate of drug-likeness (QED) is 0.772. The molecule has 0 amide bonds. The van der Waals surface area contributed by atoms with Crippen LogP contribution in [0.25, 0.3) is 0 Å². The van der Waals surface area contributed by atoms with Crippen molar-refractivity contribution in [1.29, 1.82) is 0 Å². The summed E-state index contributed by atoms with van der Waals surface area (Å²) in [5, 5.41) is 10.5. The number of hydrogen-bond acceptors (Lipinski definition) is 7. The van der Waals surface area contributed by atoms with Gasteiger partial charge in [-0.05, 0) is 12.8 Å². The molecule has 0 saturated heterocycles. The molecule has 0 unspecified atom stereocenters. The van der Waals surface area contributed by atoms with E-state index in [0.717, 1.165) is 43.0 Å². The van der Waals surface area contributed by atoms with E-state index >= 15 is 0 Å². The van der Waals surface area contributed by atoms with E-state index in [1.807, 2.05) is 0 Å². The zero-order chi connectivity index (χ0) is 15.1. The maximum atomic E-state index is 4.96. The second-order valence-electron chi connectivity index (χ2n) is 4.81. The molecule has 0 aliphatic carbocycles. The van der Waals surface area contributed by atoms with Crippen molar-refractivity contribution in [3.63, 3.8) is 0 Å². The topological polar surface area (TPSA) is 88.8 Å². The number of aryl methyl sites for hydroxylation is 1. The highest BCUT2D eigenvalue weighted by Gasteiger charge is 2.11. The largest absolute Gasteiger partial charge is 0.370 e. The van der Waals surface area contributed by atoms with Gasteiger partial charge in [-0.3, -0.25) is 0 Å². The van der Waals surface area contributed by atoms with Crippen molar-refractivity contribution in [3.05, 3.63) is 23.6 Å². The van der Waals surface area contributed by atoms with Crippen LogP contribution < -0.4 is 10.6 Å². The van der Waals surface area contributed by atoms with Gasteiger partial charge in [-0.2, -0.15) is 4.98 Å². The molecule has 0 fully saturated rings. The molecule has 114 valence electrons. The summed E-state index contributed by atoms with van der Waals surface area (Å²) >= 11 is 0. The molecule has 0 bridgehead atoms. The van der Waals surface area contributed by atoms with E-state index in [2.05, 4.69) is 44.6 Å². The Bertz CT molecular complexity index is 568. The average Bonchev–Trinajstić information content (AvgIpc) is 2.90. The predicted octanol–water partition coefficient (Wildman–Crippen LogP) is 2.55. The maximum absolute atomic E-state index is 4.96. The molecule has 0 aliphatic rings. The fourth-order valence-electron chi connectivity index (χ4n) is 2.02. The standard InChI is InChI=1S/C14H22N6O/c1-4-6-11-13(15-7-5-2)17-9-18-14(11)16-8-12-19-10(3)21-20-12/h9H,4-8H2,1-3H3,(H2,15,16,17,18). The van der Waals surface area contributed by atoms with Gasteiger partial charge in [0.05, 0.1) is 6.54 Å². The van der Waals surface area contributed by atoms with Gasteiger partial charge in [-0.1, -0.05) is 25.4 Å². The third-order valence-electron chi connectivity index (χ3n) is 2.97. The van der Waals surface area contributed by atoms with Crippen LogP contribution in [0.5, 0.6) is 0 Å². The Labute approximate surface area is 124 Å². The third-order valence-corrected chi connectivity index (χ3v) is 2.97. The summed E-state index contributed by atoms with van der Waals surface area (Å²) in [6, 6.07) is 0. The predicted molar refractivity (Wildman–Crippen MR) is 81.2 cm³/mol. The van der Waals surface area contributed by atoms with E-state index in [9.17, 15) is 0 Å². The Kier molecular flexibility index (Phi) is 5.48. The molecule has 7 nitrogen and oxygen atoms in total. The second-order valence-corrected chi connectivity index (χ2v) is 4.81. The van der Waals surface area contributed by atoms with Crippen LogP contribution in [0.15, 0.2) is 10.9 Å². The van der Waals surface area contributed by atoms with E-state index in [1.54, 1.807) is 13.3 Å². The smallest absolute Gasteiger partial charge is 0.223 e. The molecule has 2 N–H and O–H groups in total. The van der Waals surface area contributed by atoms with Crippen LogP contribution in [0, 0.1) is 6.92 Å². The SMILES string of the molecule is CCCNc1ncnc(NCc2noc(C)n2)c1CCC. The zero-order valence-electron chi connectivity index (χ0n) is 12.8. The second kappa shape index (κ2) is 7.56. The molecule has 0 spiro atoms. The van der Waals surface area contributed by atoms with Crippen molar-refractivity contribution in [2.45, 2.75) is 46.6 Å². The lowest BCUT2D eigenvalue weighted by atomic mass is 10.1. The van der Waals surface area contributed by atoms with E-state index < -0.39 is 0 Å². The minimum Gasteiger partial charge on any atom is -0.370 e. The molecule has 2 rings (SSSR count). The number of hydrogen-bond donors (Lipinski definition) is 2. The van der Waals surface area contributed by atoms with Gasteiger partial charge >= 0.3 is 0 Å². The maximum Gasteiger partial charge on any atom is 0.223 e. The lowest BCUT2D eigenvalue weighted by Gasteiger charge is -2.14. The summed E-state index contributed by atoms with van der Waals surface area (Å²) in [6.07, 6.45) is 4.58. The fourth-order valence-corrected chi connectivity index (χ4v) is 2.02. The molecule has 7 heteroatoms. The monoisotopic (exact) mass is 290 g/mol.